The number of hydrogen-bond acceptors (Lipinski definition) is 5. The molecule has 0 spiro atoms. The number of anilines is 1. The van der Waals surface area contributed by atoms with E-state index in [2.05, 4.69) is 0 Å². The normalized spacial score (nSPS) is 14.6. The first kappa shape index (κ1) is 20.4. The lowest BCUT2D eigenvalue weighted by Crippen LogP contribution is -2.47. The molecule has 1 aliphatic rings. The number of rotatable bonds is 6. The van der Waals surface area contributed by atoms with Crippen LogP contribution in [0.5, 0.6) is 5.75 Å². The van der Waals surface area contributed by atoms with E-state index < -0.39 is 10.0 Å². The number of carbonyl (C=O) groups excluding carboxylic acids is 1. The fourth-order valence-corrected chi connectivity index (χ4v) is 4.56. The van der Waals surface area contributed by atoms with Gasteiger partial charge in [0.1, 0.15) is 12.3 Å². The van der Waals surface area contributed by atoms with Crippen molar-refractivity contribution in [3.8, 4) is 5.75 Å². The van der Waals surface area contributed by atoms with Crippen LogP contribution in [0.2, 0.25) is 5.02 Å². The molecule has 1 amide bonds. The SMILES string of the molecule is COc1ccc(N(CC(=O)N2CCOCC2)S(=O)(=O)c2ccccc2)cc1Cl. The number of sulfonamides is 1. The summed E-state index contributed by atoms with van der Waals surface area (Å²) in [7, 11) is -2.50. The zero-order valence-electron chi connectivity index (χ0n) is 15.4. The molecule has 1 saturated heterocycles. The fraction of sp³-hybridized carbons (Fsp3) is 0.316. The molecule has 0 radical (unpaired) electrons. The maximum absolute atomic E-state index is 13.3. The highest BCUT2D eigenvalue weighted by Gasteiger charge is 2.29. The van der Waals surface area contributed by atoms with Crippen molar-refractivity contribution in [3.63, 3.8) is 0 Å². The maximum Gasteiger partial charge on any atom is 0.264 e. The zero-order valence-corrected chi connectivity index (χ0v) is 16.9. The summed E-state index contributed by atoms with van der Waals surface area (Å²) in [5.41, 5.74) is 0.288. The third-order valence-electron chi connectivity index (χ3n) is 4.40. The van der Waals surface area contributed by atoms with Crippen LogP contribution in [0.4, 0.5) is 5.69 Å². The predicted octanol–water partition coefficient (Wildman–Crippen LogP) is 2.40. The van der Waals surface area contributed by atoms with E-state index in [1.54, 1.807) is 35.2 Å². The topological polar surface area (TPSA) is 76.2 Å². The van der Waals surface area contributed by atoms with Gasteiger partial charge in [-0.2, -0.15) is 0 Å². The summed E-state index contributed by atoms with van der Waals surface area (Å²) in [4.78, 5) is 14.5. The van der Waals surface area contributed by atoms with Crippen molar-refractivity contribution in [2.24, 2.45) is 0 Å². The van der Waals surface area contributed by atoms with E-state index >= 15 is 0 Å². The van der Waals surface area contributed by atoms with Gasteiger partial charge in [-0.25, -0.2) is 8.42 Å². The van der Waals surface area contributed by atoms with Crippen LogP contribution < -0.4 is 9.04 Å². The number of amides is 1. The average Bonchev–Trinajstić information content (AvgIpc) is 2.73. The van der Waals surface area contributed by atoms with Crippen molar-refractivity contribution in [1.29, 1.82) is 0 Å². The standard InChI is InChI=1S/C19H21ClN2O5S/c1-26-18-8-7-15(13-17(18)20)22(14-19(23)21-9-11-27-12-10-21)28(24,25)16-5-3-2-4-6-16/h2-8,13H,9-12,14H2,1H3. The average molecular weight is 425 g/mol. The molecular weight excluding hydrogens is 404 g/mol. The Balaban J connectivity index is 1.98. The van der Waals surface area contributed by atoms with E-state index in [0.717, 1.165) is 4.31 Å². The molecule has 2 aromatic carbocycles. The van der Waals surface area contributed by atoms with Gasteiger partial charge in [-0.1, -0.05) is 29.8 Å². The number of methoxy groups -OCH3 is 1. The van der Waals surface area contributed by atoms with Gasteiger partial charge in [0.25, 0.3) is 10.0 Å². The number of benzene rings is 2. The number of hydrogen-bond donors (Lipinski definition) is 0. The first-order valence-corrected chi connectivity index (χ1v) is 10.5. The second-order valence-corrected chi connectivity index (χ2v) is 8.41. The predicted molar refractivity (Wildman–Crippen MR) is 106 cm³/mol. The van der Waals surface area contributed by atoms with Crippen LogP contribution in [0.3, 0.4) is 0 Å². The lowest BCUT2D eigenvalue weighted by atomic mass is 10.3. The third-order valence-corrected chi connectivity index (χ3v) is 6.48. The third kappa shape index (κ3) is 4.40. The summed E-state index contributed by atoms with van der Waals surface area (Å²) in [5, 5.41) is 0.257. The summed E-state index contributed by atoms with van der Waals surface area (Å²) in [6, 6.07) is 12.6. The molecule has 3 rings (SSSR count). The minimum atomic E-state index is -3.97. The van der Waals surface area contributed by atoms with Gasteiger partial charge in [-0.15, -0.1) is 0 Å². The van der Waals surface area contributed by atoms with Crippen molar-refractivity contribution < 1.29 is 22.7 Å². The number of nitrogens with zero attached hydrogens (tertiary/aromatic N) is 2. The molecule has 0 atom stereocenters. The maximum atomic E-state index is 13.3. The minimum absolute atomic E-state index is 0.0942. The van der Waals surface area contributed by atoms with Crippen LogP contribution in [0.1, 0.15) is 0 Å². The molecule has 1 fully saturated rings. The Labute approximate surface area is 169 Å². The van der Waals surface area contributed by atoms with E-state index in [1.807, 2.05) is 0 Å². The van der Waals surface area contributed by atoms with Crippen LogP contribution in [0, 0.1) is 0 Å². The number of ether oxygens (including phenoxy) is 2. The van der Waals surface area contributed by atoms with Crippen LogP contribution in [-0.2, 0) is 19.6 Å². The molecule has 1 aliphatic heterocycles. The molecule has 7 nitrogen and oxygen atoms in total. The van der Waals surface area contributed by atoms with E-state index in [-0.39, 0.29) is 28.1 Å². The van der Waals surface area contributed by atoms with Gasteiger partial charge < -0.3 is 14.4 Å². The lowest BCUT2D eigenvalue weighted by molar-refractivity contribution is -0.133. The number of morpholine rings is 1. The fourth-order valence-electron chi connectivity index (χ4n) is 2.88. The van der Waals surface area contributed by atoms with Crippen molar-refractivity contribution in [2.45, 2.75) is 4.90 Å². The van der Waals surface area contributed by atoms with Crippen molar-refractivity contribution in [3.05, 3.63) is 53.6 Å². The first-order valence-electron chi connectivity index (χ1n) is 8.70. The summed E-state index contributed by atoms with van der Waals surface area (Å²) in [5.74, 6) is 0.122. The van der Waals surface area contributed by atoms with Crippen LogP contribution in [0.15, 0.2) is 53.4 Å². The molecule has 0 aromatic heterocycles. The van der Waals surface area contributed by atoms with Crippen LogP contribution in [-0.4, -0.2) is 59.2 Å². The highest BCUT2D eigenvalue weighted by atomic mass is 35.5. The highest BCUT2D eigenvalue weighted by molar-refractivity contribution is 7.92. The highest BCUT2D eigenvalue weighted by Crippen LogP contribution is 2.32. The van der Waals surface area contributed by atoms with Gasteiger partial charge in [-0.3, -0.25) is 9.10 Å². The zero-order chi connectivity index (χ0) is 20.1. The van der Waals surface area contributed by atoms with E-state index in [9.17, 15) is 13.2 Å². The monoisotopic (exact) mass is 424 g/mol. The van der Waals surface area contributed by atoms with E-state index in [1.165, 1.54) is 25.3 Å². The van der Waals surface area contributed by atoms with Gasteiger partial charge in [0.2, 0.25) is 5.91 Å². The molecular formula is C19H21ClN2O5S. The smallest absolute Gasteiger partial charge is 0.264 e. The molecule has 2 aromatic rings. The van der Waals surface area contributed by atoms with E-state index in [4.69, 9.17) is 21.1 Å². The van der Waals surface area contributed by atoms with Crippen LogP contribution >= 0.6 is 11.6 Å². The molecule has 0 unspecified atom stereocenters. The van der Waals surface area contributed by atoms with Gasteiger partial charge in [0.15, 0.2) is 0 Å². The Morgan fingerprint density at radius 3 is 2.46 bits per heavy atom. The molecule has 28 heavy (non-hydrogen) atoms. The molecule has 0 N–H and O–H groups in total. The summed E-state index contributed by atoms with van der Waals surface area (Å²) < 4.78 is 38.0. The van der Waals surface area contributed by atoms with E-state index in [0.29, 0.717) is 32.1 Å². The second kappa shape index (κ2) is 8.81. The minimum Gasteiger partial charge on any atom is -0.495 e. The van der Waals surface area contributed by atoms with Crippen molar-refractivity contribution >= 4 is 33.2 Å². The number of halogens is 1. The summed E-state index contributed by atoms with van der Waals surface area (Å²) in [6.07, 6.45) is 0. The Hall–Kier alpha value is -2.29. The largest absolute Gasteiger partial charge is 0.495 e. The van der Waals surface area contributed by atoms with Gasteiger partial charge >= 0.3 is 0 Å². The Bertz CT molecular complexity index is 931. The molecule has 9 heteroatoms. The summed E-state index contributed by atoms with van der Waals surface area (Å²) in [6.45, 7) is 1.40. The first-order chi connectivity index (χ1) is 13.4. The molecule has 150 valence electrons. The molecule has 0 saturated carbocycles. The van der Waals surface area contributed by atoms with Crippen LogP contribution in [0.25, 0.3) is 0 Å². The molecule has 0 bridgehead atoms. The summed E-state index contributed by atoms with van der Waals surface area (Å²) >= 11 is 6.20. The molecule has 0 aliphatic carbocycles. The lowest BCUT2D eigenvalue weighted by Gasteiger charge is -2.30. The van der Waals surface area contributed by atoms with Gasteiger partial charge in [0.05, 0.1) is 35.9 Å². The Morgan fingerprint density at radius 1 is 1.18 bits per heavy atom. The quantitative estimate of drug-likeness (QED) is 0.711. The van der Waals surface area contributed by atoms with Crippen molar-refractivity contribution in [2.75, 3.05) is 44.3 Å². The Morgan fingerprint density at radius 2 is 1.86 bits per heavy atom. The molecule has 1 heterocycles. The van der Waals surface area contributed by atoms with Gasteiger partial charge in [-0.05, 0) is 30.3 Å². The second-order valence-electron chi connectivity index (χ2n) is 6.14. The number of carbonyl (C=O) groups is 1. The van der Waals surface area contributed by atoms with Gasteiger partial charge in [0, 0.05) is 13.1 Å². The Kier molecular flexibility index (Phi) is 6.43. The van der Waals surface area contributed by atoms with Crippen molar-refractivity contribution in [1.82, 2.24) is 4.90 Å².